The third kappa shape index (κ3) is 5.25. The molecule has 4 rings (SSSR count). The Morgan fingerprint density at radius 1 is 1.06 bits per heavy atom. The van der Waals surface area contributed by atoms with E-state index in [9.17, 15) is 9.18 Å². The number of nitrogens with one attached hydrogen (secondary N) is 1. The van der Waals surface area contributed by atoms with Gasteiger partial charge >= 0.3 is 0 Å². The van der Waals surface area contributed by atoms with Crippen LogP contribution in [0.5, 0.6) is 5.75 Å². The lowest BCUT2D eigenvalue weighted by molar-refractivity contribution is 0.0998. The number of rotatable bonds is 7. The molecule has 0 amide bonds. The normalized spacial score (nSPS) is 13.0. The van der Waals surface area contributed by atoms with Crippen LogP contribution in [0.1, 0.15) is 28.0 Å². The zero-order chi connectivity index (χ0) is 21.8. The summed E-state index contributed by atoms with van der Waals surface area (Å²) in [7, 11) is 0. The number of Topliss-reactive ketones (excluding diaryl/α,β-unsaturated/α-hetero) is 1. The molecule has 31 heavy (non-hydrogen) atoms. The fourth-order valence-corrected chi connectivity index (χ4v) is 3.52. The predicted molar refractivity (Wildman–Crippen MR) is 117 cm³/mol. The van der Waals surface area contributed by atoms with Gasteiger partial charge in [0.1, 0.15) is 23.3 Å². The Bertz CT molecular complexity index is 1170. The molecule has 1 N–H and O–H groups in total. The summed E-state index contributed by atoms with van der Waals surface area (Å²) in [6, 6.07) is 9.41. The van der Waals surface area contributed by atoms with E-state index in [4.69, 9.17) is 27.9 Å². The van der Waals surface area contributed by atoms with Gasteiger partial charge in [-0.2, -0.15) is 0 Å². The van der Waals surface area contributed by atoms with Crippen LogP contribution in [0, 0.1) is 5.82 Å². The number of hydrogen-bond acceptors (Lipinski definition) is 6. The Morgan fingerprint density at radius 2 is 1.90 bits per heavy atom. The number of hydrogen-bond donors (Lipinski definition) is 1. The van der Waals surface area contributed by atoms with Crippen molar-refractivity contribution in [2.24, 2.45) is 4.99 Å². The molecule has 0 spiro atoms. The minimum absolute atomic E-state index is 0.0300. The molecule has 0 fully saturated rings. The molecule has 1 aromatic carbocycles. The SMILES string of the molecule is O=C1CC(COc2ccc(F)c(Cl)c2)=Nc2c1ccnc2CNCc1ccnc(Cl)c1. The fourth-order valence-electron chi connectivity index (χ4n) is 3.15. The molecule has 0 unspecified atom stereocenters. The average molecular weight is 459 g/mol. The van der Waals surface area contributed by atoms with E-state index in [0.717, 1.165) is 5.56 Å². The summed E-state index contributed by atoms with van der Waals surface area (Å²) in [6.45, 7) is 1.07. The molecule has 3 aromatic rings. The maximum absolute atomic E-state index is 13.3. The molecular weight excluding hydrogens is 442 g/mol. The molecule has 0 aliphatic carbocycles. The Kier molecular flexibility index (Phi) is 6.56. The van der Waals surface area contributed by atoms with Crippen molar-refractivity contribution in [3.8, 4) is 5.75 Å². The lowest BCUT2D eigenvalue weighted by Gasteiger charge is -2.17. The van der Waals surface area contributed by atoms with Gasteiger partial charge in [0.25, 0.3) is 0 Å². The van der Waals surface area contributed by atoms with Gasteiger partial charge in [-0.15, -0.1) is 0 Å². The number of ketones is 1. The van der Waals surface area contributed by atoms with Gasteiger partial charge in [-0.3, -0.25) is 14.8 Å². The molecule has 3 heterocycles. The smallest absolute Gasteiger partial charge is 0.170 e. The van der Waals surface area contributed by atoms with E-state index >= 15 is 0 Å². The Balaban J connectivity index is 1.47. The maximum Gasteiger partial charge on any atom is 0.170 e. The first-order valence-electron chi connectivity index (χ1n) is 9.46. The first-order valence-corrected chi connectivity index (χ1v) is 10.2. The summed E-state index contributed by atoms with van der Waals surface area (Å²) in [6.07, 6.45) is 3.40. The van der Waals surface area contributed by atoms with Gasteiger partial charge in [0.15, 0.2) is 5.78 Å². The van der Waals surface area contributed by atoms with Crippen molar-refractivity contribution in [3.63, 3.8) is 0 Å². The predicted octanol–water partition coefficient (Wildman–Crippen LogP) is 4.95. The Morgan fingerprint density at radius 3 is 2.71 bits per heavy atom. The van der Waals surface area contributed by atoms with Crippen LogP contribution in [-0.2, 0) is 13.1 Å². The summed E-state index contributed by atoms with van der Waals surface area (Å²) < 4.78 is 19.0. The minimum Gasteiger partial charge on any atom is -0.488 e. The van der Waals surface area contributed by atoms with Crippen molar-refractivity contribution >= 4 is 40.4 Å². The summed E-state index contributed by atoms with van der Waals surface area (Å²) in [5.74, 6) is -0.174. The van der Waals surface area contributed by atoms with Gasteiger partial charge in [0.05, 0.1) is 28.5 Å². The third-order valence-corrected chi connectivity index (χ3v) is 5.14. The molecule has 158 valence electrons. The van der Waals surface area contributed by atoms with Crippen LogP contribution in [0.25, 0.3) is 0 Å². The number of carbonyl (C=O) groups is 1. The van der Waals surface area contributed by atoms with E-state index in [0.29, 0.717) is 46.6 Å². The number of carbonyl (C=O) groups excluding carboxylic acids is 1. The van der Waals surface area contributed by atoms with Gasteiger partial charge in [-0.05, 0) is 35.9 Å². The Labute approximate surface area is 188 Å². The highest BCUT2D eigenvalue weighted by atomic mass is 35.5. The van der Waals surface area contributed by atoms with Crippen LogP contribution < -0.4 is 10.1 Å². The number of nitrogens with zero attached hydrogens (tertiary/aromatic N) is 3. The molecule has 0 saturated carbocycles. The quantitative estimate of drug-likeness (QED) is 0.506. The first-order chi connectivity index (χ1) is 15.0. The van der Waals surface area contributed by atoms with Crippen LogP contribution in [0.15, 0.2) is 53.8 Å². The highest BCUT2D eigenvalue weighted by molar-refractivity contribution is 6.30. The Hall–Kier alpha value is -2.87. The van der Waals surface area contributed by atoms with Gasteiger partial charge in [-0.1, -0.05) is 23.2 Å². The van der Waals surface area contributed by atoms with E-state index in [1.165, 1.54) is 18.2 Å². The van der Waals surface area contributed by atoms with Crippen molar-refractivity contribution in [1.29, 1.82) is 0 Å². The minimum atomic E-state index is -0.523. The summed E-state index contributed by atoms with van der Waals surface area (Å²) in [4.78, 5) is 25.6. The maximum atomic E-state index is 13.3. The molecule has 0 saturated heterocycles. The van der Waals surface area contributed by atoms with Crippen LogP contribution in [0.4, 0.5) is 10.1 Å². The number of benzene rings is 1. The van der Waals surface area contributed by atoms with E-state index < -0.39 is 5.82 Å². The van der Waals surface area contributed by atoms with Crippen LogP contribution in [0.2, 0.25) is 10.2 Å². The monoisotopic (exact) mass is 458 g/mol. The number of aromatic nitrogens is 2. The largest absolute Gasteiger partial charge is 0.488 e. The molecule has 2 aromatic heterocycles. The van der Waals surface area contributed by atoms with Crippen molar-refractivity contribution in [2.45, 2.75) is 19.5 Å². The van der Waals surface area contributed by atoms with E-state index in [2.05, 4.69) is 20.3 Å². The number of halogens is 3. The number of pyridine rings is 2. The van der Waals surface area contributed by atoms with Crippen molar-refractivity contribution < 1.29 is 13.9 Å². The molecule has 0 atom stereocenters. The second-order valence-electron chi connectivity index (χ2n) is 6.89. The molecule has 1 aliphatic heterocycles. The zero-order valence-electron chi connectivity index (χ0n) is 16.2. The van der Waals surface area contributed by atoms with Crippen molar-refractivity contribution in [2.75, 3.05) is 6.61 Å². The molecular formula is C22H17Cl2FN4O2. The average Bonchev–Trinajstić information content (AvgIpc) is 2.75. The van der Waals surface area contributed by atoms with E-state index in [1.807, 2.05) is 6.07 Å². The van der Waals surface area contributed by atoms with Gasteiger partial charge < -0.3 is 10.1 Å². The highest BCUT2D eigenvalue weighted by Crippen LogP contribution is 2.29. The second kappa shape index (κ2) is 9.51. The third-order valence-electron chi connectivity index (χ3n) is 4.64. The molecule has 9 heteroatoms. The van der Waals surface area contributed by atoms with Crippen LogP contribution in [-0.4, -0.2) is 28.1 Å². The van der Waals surface area contributed by atoms with Crippen molar-refractivity contribution in [1.82, 2.24) is 15.3 Å². The second-order valence-corrected chi connectivity index (χ2v) is 7.68. The number of ether oxygens (including phenoxy) is 1. The fraction of sp³-hybridized carbons (Fsp3) is 0.182. The van der Waals surface area contributed by atoms with Gasteiger partial charge in [0, 0.05) is 37.1 Å². The van der Waals surface area contributed by atoms with Crippen LogP contribution >= 0.6 is 23.2 Å². The number of aliphatic imine (C=N–C) groups is 1. The first kappa shape index (κ1) is 21.4. The summed E-state index contributed by atoms with van der Waals surface area (Å²) in [5, 5.41) is 3.68. The summed E-state index contributed by atoms with van der Waals surface area (Å²) >= 11 is 11.7. The van der Waals surface area contributed by atoms with Crippen molar-refractivity contribution in [3.05, 3.63) is 81.6 Å². The molecule has 1 aliphatic rings. The van der Waals surface area contributed by atoms with Gasteiger partial charge in [-0.25, -0.2) is 9.37 Å². The zero-order valence-corrected chi connectivity index (χ0v) is 17.8. The molecule has 0 bridgehead atoms. The van der Waals surface area contributed by atoms with Crippen LogP contribution in [0.3, 0.4) is 0 Å². The lowest BCUT2D eigenvalue weighted by Crippen LogP contribution is -2.21. The highest BCUT2D eigenvalue weighted by Gasteiger charge is 2.23. The standard InChI is InChI=1S/C22H17Cl2FN4O2/c23-17-9-15(1-2-18(17)25)31-12-14-8-20(30)16-4-6-27-19(22(16)29-14)11-26-10-13-3-5-28-21(24)7-13/h1-7,9,26H,8,10-12H2. The number of fused-ring (bicyclic) bond motifs is 1. The molecule has 6 nitrogen and oxygen atoms in total. The van der Waals surface area contributed by atoms with E-state index in [-0.39, 0.29) is 23.8 Å². The van der Waals surface area contributed by atoms with Gasteiger partial charge in [0.2, 0.25) is 0 Å². The topological polar surface area (TPSA) is 76.5 Å². The van der Waals surface area contributed by atoms with E-state index in [1.54, 1.807) is 24.5 Å². The molecule has 0 radical (unpaired) electrons. The lowest BCUT2D eigenvalue weighted by atomic mass is 10.00. The summed E-state index contributed by atoms with van der Waals surface area (Å²) in [5.41, 5.74) is 3.28.